The summed E-state index contributed by atoms with van der Waals surface area (Å²) in [5.41, 5.74) is 0. The Morgan fingerprint density at radius 3 is 2.32 bits per heavy atom. The minimum Gasteiger partial charge on any atom is -0.461 e. The van der Waals surface area contributed by atoms with E-state index in [4.69, 9.17) is 4.74 Å². The van der Waals surface area contributed by atoms with Crippen molar-refractivity contribution >= 4 is 11.9 Å². The average molecular weight is 309 g/mol. The fourth-order valence-electron chi connectivity index (χ4n) is 4.12. The highest BCUT2D eigenvalue weighted by Gasteiger charge is 2.43. The number of piperazine rings is 1. The smallest absolute Gasteiger partial charge is 0.323 e. The summed E-state index contributed by atoms with van der Waals surface area (Å²) in [6, 6.07) is 0.429. The van der Waals surface area contributed by atoms with Crippen LogP contribution < -0.4 is 0 Å². The predicted octanol–water partition coefficient (Wildman–Crippen LogP) is 0.175. The highest BCUT2D eigenvalue weighted by molar-refractivity contribution is 5.78. The van der Waals surface area contributed by atoms with Crippen LogP contribution in [-0.2, 0) is 14.3 Å². The number of carbonyl (C=O) groups excluding carboxylic acids is 2. The van der Waals surface area contributed by atoms with Gasteiger partial charge >= 0.3 is 5.97 Å². The van der Waals surface area contributed by atoms with Crippen molar-refractivity contribution in [2.75, 3.05) is 39.3 Å². The third kappa shape index (κ3) is 2.99. The molecule has 3 saturated heterocycles. The average Bonchev–Trinajstić information content (AvgIpc) is 3.01. The monoisotopic (exact) mass is 309 g/mol. The summed E-state index contributed by atoms with van der Waals surface area (Å²) in [6.07, 6.45) is 0.863. The molecule has 3 heterocycles. The molecule has 0 unspecified atom stereocenters. The summed E-state index contributed by atoms with van der Waals surface area (Å²) >= 11 is 0. The number of hydrogen-bond acceptors (Lipinski definition) is 5. The van der Waals surface area contributed by atoms with Gasteiger partial charge in [0.2, 0.25) is 5.91 Å². The van der Waals surface area contributed by atoms with E-state index in [9.17, 15) is 9.59 Å². The molecule has 6 heteroatoms. The molecule has 6 nitrogen and oxygen atoms in total. The summed E-state index contributed by atoms with van der Waals surface area (Å²) in [6.45, 7) is 11.3. The highest BCUT2D eigenvalue weighted by Crippen LogP contribution is 2.29. The van der Waals surface area contributed by atoms with Gasteiger partial charge in [0.25, 0.3) is 0 Å². The molecular weight excluding hydrogens is 282 g/mol. The van der Waals surface area contributed by atoms with E-state index in [1.54, 1.807) is 6.92 Å². The van der Waals surface area contributed by atoms with Gasteiger partial charge in [-0.1, -0.05) is 6.92 Å². The third-order valence-corrected chi connectivity index (χ3v) is 5.41. The zero-order valence-electron chi connectivity index (χ0n) is 13.8. The molecule has 0 aromatic rings. The third-order valence-electron chi connectivity index (χ3n) is 5.41. The van der Waals surface area contributed by atoms with Crippen LogP contribution in [0.15, 0.2) is 0 Å². The van der Waals surface area contributed by atoms with E-state index < -0.39 is 0 Å². The normalized spacial score (nSPS) is 37.6. The van der Waals surface area contributed by atoms with E-state index in [1.807, 2.05) is 11.8 Å². The summed E-state index contributed by atoms with van der Waals surface area (Å²) in [5.74, 6) is 0.665. The van der Waals surface area contributed by atoms with E-state index >= 15 is 0 Å². The molecule has 4 atom stereocenters. The maximum Gasteiger partial charge on any atom is 0.323 e. The van der Waals surface area contributed by atoms with Crippen molar-refractivity contribution in [2.24, 2.45) is 5.92 Å². The molecule has 3 aliphatic heterocycles. The Morgan fingerprint density at radius 1 is 1.09 bits per heavy atom. The topological polar surface area (TPSA) is 53.1 Å². The van der Waals surface area contributed by atoms with Crippen molar-refractivity contribution in [1.82, 2.24) is 14.7 Å². The van der Waals surface area contributed by atoms with Crippen molar-refractivity contribution in [3.63, 3.8) is 0 Å². The first-order valence-corrected chi connectivity index (χ1v) is 8.40. The van der Waals surface area contributed by atoms with E-state index in [0.717, 1.165) is 45.7 Å². The van der Waals surface area contributed by atoms with E-state index in [0.29, 0.717) is 12.0 Å². The summed E-state index contributed by atoms with van der Waals surface area (Å²) in [4.78, 5) is 30.1. The van der Waals surface area contributed by atoms with Crippen molar-refractivity contribution in [1.29, 1.82) is 0 Å². The number of hydrogen-bond donors (Lipinski definition) is 0. The number of amides is 1. The number of rotatable bonds is 2. The molecule has 3 aliphatic rings. The lowest BCUT2D eigenvalue weighted by Gasteiger charge is -2.39. The second-order valence-corrected chi connectivity index (χ2v) is 7.04. The van der Waals surface area contributed by atoms with Gasteiger partial charge in [-0.15, -0.1) is 0 Å². The van der Waals surface area contributed by atoms with Crippen molar-refractivity contribution < 1.29 is 14.3 Å². The fourth-order valence-corrected chi connectivity index (χ4v) is 4.12. The lowest BCUT2D eigenvalue weighted by molar-refractivity contribution is -0.144. The van der Waals surface area contributed by atoms with E-state index in [-0.39, 0.29) is 24.0 Å². The Hall–Kier alpha value is -1.14. The fraction of sp³-hybridized carbons (Fsp3) is 0.875. The summed E-state index contributed by atoms with van der Waals surface area (Å²) in [7, 11) is 0. The molecule has 3 fully saturated rings. The SMILES string of the molecule is CC(=O)N1CCN([C@@H]2CN([C@@H]3C[C@H](C)OC3=O)C[C@H]2C)CC1. The van der Waals surface area contributed by atoms with Crippen LogP contribution >= 0.6 is 0 Å². The lowest BCUT2D eigenvalue weighted by Crippen LogP contribution is -2.53. The Bertz CT molecular complexity index is 448. The summed E-state index contributed by atoms with van der Waals surface area (Å²) < 4.78 is 5.30. The van der Waals surface area contributed by atoms with Gasteiger partial charge in [0, 0.05) is 58.7 Å². The van der Waals surface area contributed by atoms with Crippen LogP contribution in [0.4, 0.5) is 0 Å². The minimum atomic E-state index is -0.0547. The van der Waals surface area contributed by atoms with Gasteiger partial charge in [-0.25, -0.2) is 0 Å². The van der Waals surface area contributed by atoms with Gasteiger partial charge < -0.3 is 9.64 Å². The molecule has 0 aromatic heterocycles. The highest BCUT2D eigenvalue weighted by atomic mass is 16.6. The zero-order valence-corrected chi connectivity index (χ0v) is 13.8. The predicted molar refractivity (Wildman–Crippen MR) is 82.3 cm³/mol. The first-order chi connectivity index (χ1) is 10.5. The molecule has 0 N–H and O–H groups in total. The number of nitrogens with zero attached hydrogens (tertiary/aromatic N) is 3. The number of esters is 1. The Balaban J connectivity index is 1.58. The molecular formula is C16H27N3O3. The van der Waals surface area contributed by atoms with Gasteiger partial charge in [-0.2, -0.15) is 0 Å². The van der Waals surface area contributed by atoms with Gasteiger partial charge in [0.05, 0.1) is 0 Å². The van der Waals surface area contributed by atoms with Gasteiger partial charge in [-0.05, 0) is 12.8 Å². The maximum absolute atomic E-state index is 12.0. The van der Waals surface area contributed by atoms with Crippen LogP contribution in [0.25, 0.3) is 0 Å². The number of ether oxygens (including phenoxy) is 1. The molecule has 0 aromatic carbocycles. The largest absolute Gasteiger partial charge is 0.461 e. The molecule has 0 saturated carbocycles. The molecule has 124 valence electrons. The zero-order chi connectivity index (χ0) is 15.9. The minimum absolute atomic E-state index is 0.0472. The van der Waals surface area contributed by atoms with Crippen LogP contribution in [0.3, 0.4) is 0 Å². The van der Waals surface area contributed by atoms with Crippen molar-refractivity contribution in [2.45, 2.75) is 45.4 Å². The Morgan fingerprint density at radius 2 is 1.77 bits per heavy atom. The molecule has 1 amide bonds. The van der Waals surface area contributed by atoms with Crippen molar-refractivity contribution in [3.8, 4) is 0 Å². The molecule has 0 spiro atoms. The molecule has 0 aliphatic carbocycles. The lowest BCUT2D eigenvalue weighted by atomic mass is 10.0. The van der Waals surface area contributed by atoms with E-state index in [1.165, 1.54) is 0 Å². The van der Waals surface area contributed by atoms with Crippen LogP contribution in [0.2, 0.25) is 0 Å². The van der Waals surface area contributed by atoms with E-state index in [2.05, 4.69) is 16.7 Å². The van der Waals surface area contributed by atoms with Crippen LogP contribution in [-0.4, -0.2) is 84.0 Å². The second-order valence-electron chi connectivity index (χ2n) is 7.04. The standard InChI is InChI=1S/C16H27N3O3/c1-11-9-19(14-8-12(2)22-16(14)21)10-15(11)18-6-4-17(5-7-18)13(3)20/h11-12,14-15H,4-10H2,1-3H3/t11-,12+,14-,15-/m1/s1. The van der Waals surface area contributed by atoms with Gasteiger partial charge in [0.15, 0.2) is 0 Å². The van der Waals surface area contributed by atoms with Crippen LogP contribution in [0, 0.1) is 5.92 Å². The number of cyclic esters (lactones) is 1. The van der Waals surface area contributed by atoms with Crippen LogP contribution in [0.1, 0.15) is 27.2 Å². The summed E-state index contributed by atoms with van der Waals surface area (Å²) in [5, 5.41) is 0. The van der Waals surface area contributed by atoms with Gasteiger partial charge in [-0.3, -0.25) is 19.4 Å². The second kappa shape index (κ2) is 6.16. The first kappa shape index (κ1) is 15.7. The molecule has 0 radical (unpaired) electrons. The van der Waals surface area contributed by atoms with Crippen molar-refractivity contribution in [3.05, 3.63) is 0 Å². The number of carbonyl (C=O) groups is 2. The van der Waals surface area contributed by atoms with Crippen LogP contribution in [0.5, 0.6) is 0 Å². The molecule has 22 heavy (non-hydrogen) atoms. The Labute approximate surface area is 132 Å². The Kier molecular flexibility index (Phi) is 4.41. The van der Waals surface area contributed by atoms with Gasteiger partial charge in [0.1, 0.15) is 12.1 Å². The quantitative estimate of drug-likeness (QED) is 0.681. The molecule has 3 rings (SSSR count). The number of likely N-dealkylation sites (tertiary alicyclic amines) is 1. The molecule has 0 bridgehead atoms. The first-order valence-electron chi connectivity index (χ1n) is 8.40. The maximum atomic E-state index is 12.0.